The van der Waals surface area contributed by atoms with Gasteiger partial charge in [-0.05, 0) is 50.2 Å². The first-order chi connectivity index (χ1) is 8.77. The van der Waals surface area contributed by atoms with E-state index in [9.17, 15) is 5.11 Å². The molecular formula is C15H21NO2. The van der Waals surface area contributed by atoms with E-state index >= 15 is 0 Å². The monoisotopic (exact) mass is 247 g/mol. The van der Waals surface area contributed by atoms with Gasteiger partial charge in [0.15, 0.2) is 0 Å². The lowest BCUT2D eigenvalue weighted by atomic mass is 9.68. The number of ether oxygens (including phenoxy) is 1. The van der Waals surface area contributed by atoms with Crippen molar-refractivity contribution in [3.8, 4) is 0 Å². The van der Waals surface area contributed by atoms with Crippen molar-refractivity contribution < 1.29 is 9.84 Å². The van der Waals surface area contributed by atoms with Gasteiger partial charge in [-0.15, -0.1) is 0 Å². The fourth-order valence-corrected chi connectivity index (χ4v) is 3.47. The molecule has 1 aromatic heterocycles. The summed E-state index contributed by atoms with van der Waals surface area (Å²) in [7, 11) is 1.73. The topological polar surface area (TPSA) is 42.4 Å². The summed E-state index contributed by atoms with van der Waals surface area (Å²) in [4.78, 5) is 4.51. The first-order valence-corrected chi connectivity index (χ1v) is 6.94. The summed E-state index contributed by atoms with van der Waals surface area (Å²) < 4.78 is 5.63. The molecule has 0 saturated heterocycles. The summed E-state index contributed by atoms with van der Waals surface area (Å²) in [6.07, 6.45) is 7.79. The van der Waals surface area contributed by atoms with Gasteiger partial charge in [-0.25, -0.2) is 0 Å². The molecule has 1 aromatic rings. The highest BCUT2D eigenvalue weighted by molar-refractivity contribution is 5.28. The Labute approximate surface area is 108 Å². The van der Waals surface area contributed by atoms with E-state index in [1.165, 1.54) is 5.56 Å². The van der Waals surface area contributed by atoms with Crippen LogP contribution in [0, 0.1) is 0 Å². The number of rotatable bonds is 3. The number of pyridine rings is 1. The van der Waals surface area contributed by atoms with Gasteiger partial charge in [0.25, 0.3) is 0 Å². The summed E-state index contributed by atoms with van der Waals surface area (Å²) in [5, 5.41) is 10.7. The highest BCUT2D eigenvalue weighted by atomic mass is 16.5. The molecule has 2 atom stereocenters. The Morgan fingerprint density at radius 1 is 1.44 bits per heavy atom. The maximum atomic E-state index is 10.7. The smallest absolute Gasteiger partial charge is 0.0943 e. The van der Waals surface area contributed by atoms with Gasteiger partial charge in [-0.1, -0.05) is 6.07 Å². The van der Waals surface area contributed by atoms with Crippen LogP contribution in [0.2, 0.25) is 0 Å². The predicted molar refractivity (Wildman–Crippen MR) is 69.5 cm³/mol. The van der Waals surface area contributed by atoms with Crippen molar-refractivity contribution >= 4 is 0 Å². The summed E-state index contributed by atoms with van der Waals surface area (Å²) in [6.45, 7) is 0. The van der Waals surface area contributed by atoms with Crippen LogP contribution in [-0.2, 0) is 11.2 Å². The lowest BCUT2D eigenvalue weighted by Crippen LogP contribution is -2.53. The third-order valence-electron chi connectivity index (χ3n) is 4.77. The average molecular weight is 247 g/mol. The number of aliphatic hydroxyl groups excluding tert-OH is 1. The van der Waals surface area contributed by atoms with E-state index in [1.54, 1.807) is 7.11 Å². The lowest BCUT2D eigenvalue weighted by molar-refractivity contribution is -0.158. The van der Waals surface area contributed by atoms with Gasteiger partial charge in [0, 0.05) is 24.9 Å². The van der Waals surface area contributed by atoms with Crippen molar-refractivity contribution in [1.29, 1.82) is 0 Å². The van der Waals surface area contributed by atoms with Gasteiger partial charge in [0.05, 0.1) is 11.7 Å². The minimum atomic E-state index is -0.412. The zero-order valence-electron chi connectivity index (χ0n) is 10.9. The summed E-state index contributed by atoms with van der Waals surface area (Å²) in [5.41, 5.74) is 2.09. The molecule has 1 heterocycles. The molecule has 3 heteroatoms. The number of hydrogen-bond donors (Lipinski definition) is 1. The lowest BCUT2D eigenvalue weighted by Gasteiger charge is -2.47. The maximum absolute atomic E-state index is 10.7. The minimum absolute atomic E-state index is 0.148. The van der Waals surface area contributed by atoms with Crippen LogP contribution >= 0.6 is 0 Å². The molecule has 18 heavy (non-hydrogen) atoms. The first kappa shape index (κ1) is 12.1. The summed E-state index contributed by atoms with van der Waals surface area (Å²) in [6, 6.07) is 4.13. The average Bonchev–Trinajstić information content (AvgIpc) is 2.37. The molecular weight excluding hydrogens is 226 g/mol. The maximum Gasteiger partial charge on any atom is 0.0943 e. The Morgan fingerprint density at radius 2 is 2.28 bits per heavy atom. The van der Waals surface area contributed by atoms with E-state index in [1.807, 2.05) is 12.3 Å². The number of hydrogen-bond acceptors (Lipinski definition) is 3. The Kier molecular flexibility index (Phi) is 3.12. The van der Waals surface area contributed by atoms with Crippen LogP contribution in [0.4, 0.5) is 0 Å². The summed E-state index contributed by atoms with van der Waals surface area (Å²) in [5.74, 6) is 0.148. The third-order valence-corrected chi connectivity index (χ3v) is 4.77. The van der Waals surface area contributed by atoms with Crippen molar-refractivity contribution in [2.75, 3.05) is 7.11 Å². The van der Waals surface area contributed by atoms with Crippen molar-refractivity contribution in [3.63, 3.8) is 0 Å². The van der Waals surface area contributed by atoms with Gasteiger partial charge in [-0.2, -0.15) is 0 Å². The molecule has 2 aliphatic rings. The quantitative estimate of drug-likeness (QED) is 0.892. The molecule has 2 unspecified atom stereocenters. The highest BCUT2D eigenvalue weighted by Crippen LogP contribution is 2.45. The molecule has 1 saturated carbocycles. The molecule has 1 fully saturated rings. The van der Waals surface area contributed by atoms with E-state index in [0.717, 1.165) is 44.2 Å². The fourth-order valence-electron chi connectivity index (χ4n) is 3.47. The molecule has 1 N–H and O–H groups in total. The molecule has 0 aliphatic heterocycles. The minimum Gasteiger partial charge on any atom is -0.389 e. The van der Waals surface area contributed by atoms with Gasteiger partial charge in [0.1, 0.15) is 0 Å². The van der Waals surface area contributed by atoms with Crippen LogP contribution in [0.25, 0.3) is 0 Å². The highest BCUT2D eigenvalue weighted by Gasteiger charge is 2.48. The Balaban J connectivity index is 1.89. The van der Waals surface area contributed by atoms with Gasteiger partial charge >= 0.3 is 0 Å². The number of aryl methyl sites for hydroxylation is 1. The van der Waals surface area contributed by atoms with Crippen LogP contribution in [0.5, 0.6) is 0 Å². The van der Waals surface area contributed by atoms with Crippen LogP contribution < -0.4 is 0 Å². The van der Waals surface area contributed by atoms with E-state index in [2.05, 4.69) is 11.1 Å². The Hall–Kier alpha value is -0.930. The molecule has 3 nitrogen and oxygen atoms in total. The van der Waals surface area contributed by atoms with Crippen LogP contribution in [-0.4, -0.2) is 28.9 Å². The third kappa shape index (κ3) is 1.77. The largest absolute Gasteiger partial charge is 0.389 e. The standard InChI is InChI=1S/C15H21NO2/c1-18-15(8-4-9-15)14(17)12-7-2-5-11-6-3-10-16-13(11)12/h3,6,10,12,14,17H,2,4-5,7-9H2,1H3. The SMILES string of the molecule is COC1(C(O)C2CCCc3cccnc32)CCC1. The molecule has 0 spiro atoms. The van der Waals surface area contributed by atoms with Crippen molar-refractivity contribution in [3.05, 3.63) is 29.6 Å². The first-order valence-electron chi connectivity index (χ1n) is 6.94. The van der Waals surface area contributed by atoms with Crippen LogP contribution in [0.3, 0.4) is 0 Å². The number of aliphatic hydroxyl groups is 1. The van der Waals surface area contributed by atoms with Crippen molar-refractivity contribution in [1.82, 2.24) is 4.98 Å². The molecule has 0 radical (unpaired) electrons. The van der Waals surface area contributed by atoms with E-state index in [4.69, 9.17) is 4.74 Å². The number of methoxy groups -OCH3 is 1. The van der Waals surface area contributed by atoms with E-state index in [-0.39, 0.29) is 11.5 Å². The number of nitrogens with zero attached hydrogens (tertiary/aromatic N) is 1. The van der Waals surface area contributed by atoms with E-state index < -0.39 is 6.10 Å². The van der Waals surface area contributed by atoms with Crippen LogP contribution in [0.1, 0.15) is 49.3 Å². The molecule has 98 valence electrons. The molecule has 0 aromatic carbocycles. The normalized spacial score (nSPS) is 27.1. The van der Waals surface area contributed by atoms with Gasteiger partial charge in [0.2, 0.25) is 0 Å². The Morgan fingerprint density at radius 3 is 2.94 bits per heavy atom. The number of aromatic nitrogens is 1. The summed E-state index contributed by atoms with van der Waals surface area (Å²) >= 11 is 0. The zero-order chi connectivity index (χ0) is 12.6. The molecule has 3 rings (SSSR count). The molecule has 0 bridgehead atoms. The van der Waals surface area contributed by atoms with Gasteiger partial charge < -0.3 is 9.84 Å². The fraction of sp³-hybridized carbons (Fsp3) is 0.667. The van der Waals surface area contributed by atoms with Crippen molar-refractivity contribution in [2.24, 2.45) is 0 Å². The second-order valence-electron chi connectivity index (χ2n) is 5.61. The molecule has 0 amide bonds. The number of fused-ring (bicyclic) bond motifs is 1. The second kappa shape index (κ2) is 4.63. The van der Waals surface area contributed by atoms with Crippen LogP contribution in [0.15, 0.2) is 18.3 Å². The van der Waals surface area contributed by atoms with E-state index in [0.29, 0.717) is 0 Å². The van der Waals surface area contributed by atoms with Gasteiger partial charge in [-0.3, -0.25) is 4.98 Å². The van der Waals surface area contributed by atoms with Crippen molar-refractivity contribution in [2.45, 2.75) is 56.1 Å². The second-order valence-corrected chi connectivity index (χ2v) is 5.61. The molecule has 2 aliphatic carbocycles. The predicted octanol–water partition coefficient (Wildman–Crippen LogP) is 2.43. The zero-order valence-corrected chi connectivity index (χ0v) is 10.9. The Bertz CT molecular complexity index is 423.